The zero-order valence-electron chi connectivity index (χ0n) is 13.1. The minimum Gasteiger partial charge on any atom is -0.469 e. The van der Waals surface area contributed by atoms with Crippen LogP contribution in [0.15, 0.2) is 22.8 Å². The van der Waals surface area contributed by atoms with E-state index in [0.29, 0.717) is 5.92 Å². The summed E-state index contributed by atoms with van der Waals surface area (Å²) in [6.07, 6.45) is 4.56. The van der Waals surface area contributed by atoms with Crippen LogP contribution in [0.5, 0.6) is 0 Å². The van der Waals surface area contributed by atoms with Gasteiger partial charge in [-0.15, -0.1) is 0 Å². The third kappa shape index (κ3) is 6.75. The molecule has 1 aromatic rings. The smallest absolute Gasteiger partial charge is 0.236 e. The average molecular weight is 280 g/mol. The molecule has 1 rings (SSSR count). The van der Waals surface area contributed by atoms with Crippen LogP contribution in [0.4, 0.5) is 0 Å². The highest BCUT2D eigenvalue weighted by Crippen LogP contribution is 2.06. The zero-order valence-corrected chi connectivity index (χ0v) is 13.1. The number of hydrogen-bond donors (Lipinski definition) is 2. The van der Waals surface area contributed by atoms with Gasteiger partial charge in [-0.3, -0.25) is 4.79 Å². The second-order valence-electron chi connectivity index (χ2n) is 5.88. The van der Waals surface area contributed by atoms with Crippen molar-refractivity contribution in [3.05, 3.63) is 24.2 Å². The Labute approximate surface area is 122 Å². The third-order valence-electron chi connectivity index (χ3n) is 3.35. The first-order valence-electron chi connectivity index (χ1n) is 7.55. The topological polar surface area (TPSA) is 54.3 Å². The molecule has 1 amide bonds. The zero-order chi connectivity index (χ0) is 15.0. The predicted molar refractivity (Wildman–Crippen MR) is 81.6 cm³/mol. The van der Waals surface area contributed by atoms with Gasteiger partial charge in [0.2, 0.25) is 5.91 Å². The molecule has 1 aromatic heterocycles. The molecular weight excluding hydrogens is 252 g/mol. The van der Waals surface area contributed by atoms with Crippen molar-refractivity contribution < 1.29 is 9.21 Å². The number of carbonyl (C=O) groups is 1. The normalized spacial score (nSPS) is 14.2. The summed E-state index contributed by atoms with van der Waals surface area (Å²) >= 11 is 0. The van der Waals surface area contributed by atoms with E-state index in [1.165, 1.54) is 0 Å². The number of amides is 1. The predicted octanol–water partition coefficient (Wildman–Crippen LogP) is 2.74. The van der Waals surface area contributed by atoms with Crippen molar-refractivity contribution in [2.24, 2.45) is 5.92 Å². The van der Waals surface area contributed by atoms with Crippen LogP contribution in [0, 0.1) is 5.92 Å². The first-order valence-corrected chi connectivity index (χ1v) is 7.55. The summed E-state index contributed by atoms with van der Waals surface area (Å²) in [6.45, 7) is 9.08. The average Bonchev–Trinajstić information content (AvgIpc) is 2.88. The lowest BCUT2D eigenvalue weighted by Crippen LogP contribution is -2.46. The molecule has 1 heterocycles. The van der Waals surface area contributed by atoms with Crippen molar-refractivity contribution in [1.29, 1.82) is 0 Å². The fourth-order valence-corrected chi connectivity index (χ4v) is 2.04. The molecule has 0 saturated heterocycles. The van der Waals surface area contributed by atoms with Crippen LogP contribution in [0.2, 0.25) is 0 Å². The summed E-state index contributed by atoms with van der Waals surface area (Å²) in [7, 11) is 0. The van der Waals surface area contributed by atoms with Gasteiger partial charge in [-0.2, -0.15) is 0 Å². The fourth-order valence-electron chi connectivity index (χ4n) is 2.04. The maximum absolute atomic E-state index is 11.9. The van der Waals surface area contributed by atoms with Crippen molar-refractivity contribution in [2.45, 2.75) is 59.0 Å². The number of hydrogen-bond acceptors (Lipinski definition) is 3. The van der Waals surface area contributed by atoms with Gasteiger partial charge < -0.3 is 15.1 Å². The van der Waals surface area contributed by atoms with Crippen molar-refractivity contribution in [3.8, 4) is 0 Å². The van der Waals surface area contributed by atoms with E-state index in [2.05, 4.69) is 31.4 Å². The Morgan fingerprint density at radius 3 is 2.60 bits per heavy atom. The Morgan fingerprint density at radius 1 is 1.25 bits per heavy atom. The molecule has 0 fully saturated rings. The quantitative estimate of drug-likeness (QED) is 0.731. The first kappa shape index (κ1) is 16.8. The highest BCUT2D eigenvalue weighted by atomic mass is 16.3. The van der Waals surface area contributed by atoms with Gasteiger partial charge in [-0.05, 0) is 44.7 Å². The van der Waals surface area contributed by atoms with Gasteiger partial charge in [0.25, 0.3) is 0 Å². The summed E-state index contributed by atoms with van der Waals surface area (Å²) in [4.78, 5) is 11.9. The van der Waals surface area contributed by atoms with Gasteiger partial charge in [0.1, 0.15) is 5.76 Å². The molecule has 0 aliphatic carbocycles. The molecular formula is C16H28N2O2. The third-order valence-corrected chi connectivity index (χ3v) is 3.35. The van der Waals surface area contributed by atoms with Gasteiger partial charge in [-0.25, -0.2) is 0 Å². The highest BCUT2D eigenvalue weighted by Gasteiger charge is 2.15. The molecule has 2 unspecified atom stereocenters. The fraction of sp³-hybridized carbons (Fsp3) is 0.688. The standard InChI is InChI=1S/C16H28N2O2/c1-12(2)9-10-17-16(19)14(4)18-13(3)7-8-15-6-5-11-20-15/h5-6,11-14,18H,7-10H2,1-4H3,(H,17,19). The molecule has 20 heavy (non-hydrogen) atoms. The molecule has 0 aliphatic rings. The number of nitrogens with one attached hydrogen (secondary N) is 2. The van der Waals surface area contributed by atoms with Crippen LogP contribution < -0.4 is 10.6 Å². The lowest BCUT2D eigenvalue weighted by molar-refractivity contribution is -0.122. The number of aryl methyl sites for hydroxylation is 1. The SMILES string of the molecule is CC(C)CCNC(=O)C(C)NC(C)CCc1ccco1. The Kier molecular flexibility index (Phi) is 7.37. The van der Waals surface area contributed by atoms with Crippen LogP contribution in [0.1, 0.15) is 46.3 Å². The molecule has 4 nitrogen and oxygen atoms in total. The van der Waals surface area contributed by atoms with E-state index >= 15 is 0 Å². The summed E-state index contributed by atoms with van der Waals surface area (Å²) in [5.74, 6) is 1.69. The van der Waals surface area contributed by atoms with E-state index in [9.17, 15) is 4.79 Å². The van der Waals surface area contributed by atoms with Gasteiger partial charge in [0.05, 0.1) is 12.3 Å². The number of rotatable bonds is 9. The minimum absolute atomic E-state index is 0.0792. The van der Waals surface area contributed by atoms with E-state index in [1.54, 1.807) is 6.26 Å². The molecule has 0 saturated carbocycles. The Hall–Kier alpha value is -1.29. The van der Waals surface area contributed by atoms with Gasteiger partial charge in [-0.1, -0.05) is 13.8 Å². The van der Waals surface area contributed by atoms with Crippen molar-refractivity contribution in [2.75, 3.05) is 6.54 Å². The van der Waals surface area contributed by atoms with Crippen LogP contribution in [-0.2, 0) is 11.2 Å². The van der Waals surface area contributed by atoms with Crippen LogP contribution in [0.3, 0.4) is 0 Å². The number of carbonyl (C=O) groups excluding carboxylic acids is 1. The summed E-state index contributed by atoms with van der Waals surface area (Å²) in [5.41, 5.74) is 0. The second kappa shape index (κ2) is 8.80. The van der Waals surface area contributed by atoms with Gasteiger partial charge in [0.15, 0.2) is 0 Å². The molecule has 0 spiro atoms. The molecule has 2 N–H and O–H groups in total. The maximum Gasteiger partial charge on any atom is 0.236 e. The van der Waals surface area contributed by atoms with Gasteiger partial charge >= 0.3 is 0 Å². The first-order chi connectivity index (χ1) is 9.49. The summed E-state index contributed by atoms with van der Waals surface area (Å²) in [5, 5.41) is 6.30. The highest BCUT2D eigenvalue weighted by molar-refractivity contribution is 5.81. The van der Waals surface area contributed by atoms with Crippen LogP contribution >= 0.6 is 0 Å². The van der Waals surface area contributed by atoms with Gasteiger partial charge in [0, 0.05) is 19.0 Å². The Bertz CT molecular complexity index is 374. The maximum atomic E-state index is 11.9. The van der Waals surface area contributed by atoms with E-state index in [-0.39, 0.29) is 18.0 Å². The van der Waals surface area contributed by atoms with E-state index < -0.39 is 0 Å². The monoisotopic (exact) mass is 280 g/mol. The van der Waals surface area contributed by atoms with E-state index in [0.717, 1.165) is 31.6 Å². The minimum atomic E-state index is -0.159. The summed E-state index contributed by atoms with van der Waals surface area (Å²) in [6, 6.07) is 4.01. The summed E-state index contributed by atoms with van der Waals surface area (Å²) < 4.78 is 5.30. The molecule has 4 heteroatoms. The Balaban J connectivity index is 2.19. The molecule has 0 aromatic carbocycles. The lowest BCUT2D eigenvalue weighted by Gasteiger charge is -2.19. The number of furan rings is 1. The van der Waals surface area contributed by atoms with Crippen molar-refractivity contribution in [3.63, 3.8) is 0 Å². The largest absolute Gasteiger partial charge is 0.469 e. The van der Waals surface area contributed by atoms with Crippen LogP contribution in [-0.4, -0.2) is 24.5 Å². The molecule has 114 valence electrons. The molecule has 0 aliphatic heterocycles. The van der Waals surface area contributed by atoms with Crippen LogP contribution in [0.25, 0.3) is 0 Å². The van der Waals surface area contributed by atoms with E-state index in [1.807, 2.05) is 19.1 Å². The van der Waals surface area contributed by atoms with Crippen molar-refractivity contribution in [1.82, 2.24) is 10.6 Å². The van der Waals surface area contributed by atoms with E-state index in [4.69, 9.17) is 4.42 Å². The molecule has 0 bridgehead atoms. The lowest BCUT2D eigenvalue weighted by atomic mass is 10.1. The molecule has 2 atom stereocenters. The Morgan fingerprint density at radius 2 is 2.00 bits per heavy atom. The van der Waals surface area contributed by atoms with Crippen molar-refractivity contribution >= 4 is 5.91 Å². The second-order valence-corrected chi connectivity index (χ2v) is 5.88. The molecule has 0 radical (unpaired) electrons.